The molecule has 1 aromatic rings. The second-order valence-electron chi connectivity index (χ2n) is 2.85. The first-order chi connectivity index (χ1) is 6.25. The molecular formula is C9H8BrNO2. The number of cyclic esters (lactones) is 1. The Morgan fingerprint density at radius 3 is 2.62 bits per heavy atom. The first-order valence-corrected chi connectivity index (χ1v) is 4.74. The molecule has 2 rings (SSSR count). The van der Waals surface area contributed by atoms with Crippen molar-refractivity contribution in [3.8, 4) is 0 Å². The molecule has 0 aromatic heterocycles. The molecule has 1 atom stereocenters. The molecule has 1 fully saturated rings. The van der Waals surface area contributed by atoms with Crippen molar-refractivity contribution in [2.45, 2.75) is 6.04 Å². The molecule has 1 heterocycles. The van der Waals surface area contributed by atoms with Crippen molar-refractivity contribution < 1.29 is 9.53 Å². The first-order valence-electron chi connectivity index (χ1n) is 3.94. The second kappa shape index (κ2) is 3.38. The van der Waals surface area contributed by atoms with Crippen molar-refractivity contribution in [1.82, 2.24) is 5.32 Å². The molecule has 1 amide bonds. The van der Waals surface area contributed by atoms with Crippen molar-refractivity contribution in [3.05, 3.63) is 34.3 Å². The SMILES string of the molecule is O=C1N[C@@H](c2ccc(Br)cc2)CO1. The van der Waals surface area contributed by atoms with E-state index in [1.165, 1.54) is 0 Å². The maximum absolute atomic E-state index is 10.8. The van der Waals surface area contributed by atoms with Crippen LogP contribution in [0.2, 0.25) is 0 Å². The second-order valence-corrected chi connectivity index (χ2v) is 3.76. The largest absolute Gasteiger partial charge is 0.447 e. The highest BCUT2D eigenvalue weighted by Crippen LogP contribution is 2.20. The molecule has 0 radical (unpaired) electrons. The summed E-state index contributed by atoms with van der Waals surface area (Å²) in [4.78, 5) is 10.8. The predicted molar refractivity (Wildman–Crippen MR) is 51.4 cm³/mol. The van der Waals surface area contributed by atoms with Gasteiger partial charge in [-0.15, -0.1) is 0 Å². The number of halogens is 1. The normalized spacial score (nSPS) is 21.0. The number of ether oxygens (including phenoxy) is 1. The van der Waals surface area contributed by atoms with Crippen LogP contribution in [0, 0.1) is 0 Å². The Kier molecular flexibility index (Phi) is 2.22. The van der Waals surface area contributed by atoms with E-state index in [-0.39, 0.29) is 12.1 Å². The lowest BCUT2D eigenvalue weighted by Gasteiger charge is -2.06. The van der Waals surface area contributed by atoms with Gasteiger partial charge in [-0.1, -0.05) is 28.1 Å². The Morgan fingerprint density at radius 1 is 1.38 bits per heavy atom. The number of nitrogens with one attached hydrogen (secondary N) is 1. The van der Waals surface area contributed by atoms with Gasteiger partial charge in [-0.3, -0.25) is 0 Å². The van der Waals surface area contributed by atoms with Gasteiger partial charge in [-0.05, 0) is 17.7 Å². The van der Waals surface area contributed by atoms with E-state index in [1.807, 2.05) is 24.3 Å². The van der Waals surface area contributed by atoms with Gasteiger partial charge in [0.15, 0.2) is 0 Å². The van der Waals surface area contributed by atoms with Crippen LogP contribution in [0.5, 0.6) is 0 Å². The topological polar surface area (TPSA) is 38.3 Å². The van der Waals surface area contributed by atoms with E-state index in [2.05, 4.69) is 21.2 Å². The molecule has 4 heteroatoms. The molecule has 1 N–H and O–H groups in total. The highest BCUT2D eigenvalue weighted by atomic mass is 79.9. The number of rotatable bonds is 1. The summed E-state index contributed by atoms with van der Waals surface area (Å²) >= 11 is 3.35. The van der Waals surface area contributed by atoms with Crippen LogP contribution in [-0.2, 0) is 4.74 Å². The number of carbonyl (C=O) groups is 1. The Hall–Kier alpha value is -1.03. The lowest BCUT2D eigenvalue weighted by atomic mass is 10.1. The van der Waals surface area contributed by atoms with Crippen LogP contribution in [0.15, 0.2) is 28.7 Å². The molecule has 0 spiro atoms. The number of alkyl carbamates (subject to hydrolysis) is 1. The fourth-order valence-corrected chi connectivity index (χ4v) is 1.52. The van der Waals surface area contributed by atoms with Gasteiger partial charge in [0.25, 0.3) is 0 Å². The first kappa shape index (κ1) is 8.56. The summed E-state index contributed by atoms with van der Waals surface area (Å²) in [5.41, 5.74) is 1.06. The Balaban J connectivity index is 2.17. The Labute approximate surface area is 84.2 Å². The molecule has 13 heavy (non-hydrogen) atoms. The van der Waals surface area contributed by atoms with Gasteiger partial charge in [-0.25, -0.2) is 4.79 Å². The van der Waals surface area contributed by atoms with Crippen LogP contribution >= 0.6 is 15.9 Å². The van der Waals surface area contributed by atoms with E-state index in [0.29, 0.717) is 6.61 Å². The van der Waals surface area contributed by atoms with Gasteiger partial charge < -0.3 is 10.1 Å². The zero-order valence-electron chi connectivity index (χ0n) is 6.79. The van der Waals surface area contributed by atoms with Crippen molar-refractivity contribution in [2.24, 2.45) is 0 Å². The van der Waals surface area contributed by atoms with Gasteiger partial charge in [0, 0.05) is 4.47 Å². The molecule has 0 saturated carbocycles. The molecule has 68 valence electrons. The van der Waals surface area contributed by atoms with Gasteiger partial charge >= 0.3 is 6.09 Å². The quantitative estimate of drug-likeness (QED) is 0.819. The maximum Gasteiger partial charge on any atom is 0.407 e. The summed E-state index contributed by atoms with van der Waals surface area (Å²) in [6.07, 6.45) is -0.340. The van der Waals surface area contributed by atoms with Crippen molar-refractivity contribution in [1.29, 1.82) is 0 Å². The minimum atomic E-state index is -0.340. The number of benzene rings is 1. The summed E-state index contributed by atoms with van der Waals surface area (Å²) in [5.74, 6) is 0. The summed E-state index contributed by atoms with van der Waals surface area (Å²) in [5, 5.41) is 2.71. The third kappa shape index (κ3) is 1.83. The minimum absolute atomic E-state index is 0.000556. The lowest BCUT2D eigenvalue weighted by molar-refractivity contribution is 0.177. The molecule has 1 aromatic carbocycles. The minimum Gasteiger partial charge on any atom is -0.447 e. The fraction of sp³-hybridized carbons (Fsp3) is 0.222. The maximum atomic E-state index is 10.8. The lowest BCUT2D eigenvalue weighted by Crippen LogP contribution is -2.18. The molecule has 0 aliphatic carbocycles. The summed E-state index contributed by atoms with van der Waals surface area (Å²) in [7, 11) is 0. The van der Waals surface area contributed by atoms with Gasteiger partial charge in [0.1, 0.15) is 6.61 Å². The molecule has 1 saturated heterocycles. The third-order valence-corrected chi connectivity index (χ3v) is 2.47. The standard InChI is InChI=1S/C9H8BrNO2/c10-7-3-1-6(2-4-7)8-5-13-9(12)11-8/h1-4,8H,5H2,(H,11,12)/t8-/m1/s1. The third-order valence-electron chi connectivity index (χ3n) is 1.95. The fourth-order valence-electron chi connectivity index (χ4n) is 1.26. The zero-order chi connectivity index (χ0) is 9.26. The highest BCUT2D eigenvalue weighted by molar-refractivity contribution is 9.10. The molecule has 1 aliphatic heterocycles. The van der Waals surface area contributed by atoms with E-state index < -0.39 is 0 Å². The van der Waals surface area contributed by atoms with Crippen molar-refractivity contribution >= 4 is 22.0 Å². The van der Waals surface area contributed by atoms with Gasteiger partial charge in [0.05, 0.1) is 6.04 Å². The van der Waals surface area contributed by atoms with Crippen LogP contribution < -0.4 is 5.32 Å². The van der Waals surface area contributed by atoms with Crippen molar-refractivity contribution in [3.63, 3.8) is 0 Å². The van der Waals surface area contributed by atoms with Crippen LogP contribution in [0.25, 0.3) is 0 Å². The molecular weight excluding hydrogens is 234 g/mol. The number of carbonyl (C=O) groups excluding carboxylic acids is 1. The summed E-state index contributed by atoms with van der Waals surface area (Å²) in [6, 6.07) is 7.81. The van der Waals surface area contributed by atoms with Crippen LogP contribution in [-0.4, -0.2) is 12.7 Å². The average Bonchev–Trinajstić information content (AvgIpc) is 2.53. The van der Waals surface area contributed by atoms with Crippen LogP contribution in [0.4, 0.5) is 4.79 Å². The molecule has 0 unspecified atom stereocenters. The monoisotopic (exact) mass is 241 g/mol. The molecule has 1 aliphatic rings. The average molecular weight is 242 g/mol. The predicted octanol–water partition coefficient (Wildman–Crippen LogP) is 2.23. The Morgan fingerprint density at radius 2 is 2.08 bits per heavy atom. The summed E-state index contributed by atoms with van der Waals surface area (Å²) < 4.78 is 5.82. The molecule has 3 nitrogen and oxygen atoms in total. The van der Waals surface area contributed by atoms with Crippen LogP contribution in [0.3, 0.4) is 0 Å². The number of hydrogen-bond acceptors (Lipinski definition) is 2. The van der Waals surface area contributed by atoms with E-state index in [0.717, 1.165) is 10.0 Å². The van der Waals surface area contributed by atoms with Gasteiger partial charge in [0.2, 0.25) is 0 Å². The van der Waals surface area contributed by atoms with E-state index in [1.54, 1.807) is 0 Å². The summed E-state index contributed by atoms with van der Waals surface area (Å²) in [6.45, 7) is 0.417. The number of hydrogen-bond donors (Lipinski definition) is 1. The van der Waals surface area contributed by atoms with Crippen LogP contribution in [0.1, 0.15) is 11.6 Å². The zero-order valence-corrected chi connectivity index (χ0v) is 8.37. The van der Waals surface area contributed by atoms with E-state index in [9.17, 15) is 4.79 Å². The van der Waals surface area contributed by atoms with E-state index >= 15 is 0 Å². The molecule has 0 bridgehead atoms. The number of amides is 1. The van der Waals surface area contributed by atoms with E-state index in [4.69, 9.17) is 4.74 Å². The Bertz CT molecular complexity index is 323. The smallest absolute Gasteiger partial charge is 0.407 e. The van der Waals surface area contributed by atoms with Crippen molar-refractivity contribution in [2.75, 3.05) is 6.61 Å². The highest BCUT2D eigenvalue weighted by Gasteiger charge is 2.23. The van der Waals surface area contributed by atoms with Gasteiger partial charge in [-0.2, -0.15) is 0 Å².